The zero-order valence-corrected chi connectivity index (χ0v) is 14.5. The third kappa shape index (κ3) is 3.65. The molecular formula is C20H22N2O3. The van der Waals surface area contributed by atoms with E-state index >= 15 is 0 Å². The highest BCUT2D eigenvalue weighted by molar-refractivity contribution is 6.11. The number of carbonyl (C=O) groups excluding carboxylic acids is 2. The molecule has 2 aromatic rings. The zero-order chi connectivity index (χ0) is 17.8. The number of amides is 2. The molecule has 0 atom stereocenters. The van der Waals surface area contributed by atoms with Crippen molar-refractivity contribution in [2.75, 3.05) is 23.0 Å². The number of benzene rings is 2. The highest BCUT2D eigenvalue weighted by atomic mass is 16.5. The molecule has 130 valence electrons. The van der Waals surface area contributed by atoms with Gasteiger partial charge in [-0.2, -0.15) is 0 Å². The molecule has 0 unspecified atom stereocenters. The first-order valence-corrected chi connectivity index (χ1v) is 8.47. The minimum atomic E-state index is -0.111. The van der Waals surface area contributed by atoms with Crippen molar-refractivity contribution in [1.29, 1.82) is 0 Å². The fourth-order valence-electron chi connectivity index (χ4n) is 3.02. The molecule has 2 amide bonds. The molecule has 1 aliphatic heterocycles. The molecule has 0 bridgehead atoms. The van der Waals surface area contributed by atoms with Crippen molar-refractivity contribution in [3.05, 3.63) is 54.6 Å². The van der Waals surface area contributed by atoms with E-state index in [9.17, 15) is 9.59 Å². The molecule has 2 aromatic carbocycles. The van der Waals surface area contributed by atoms with E-state index in [0.717, 1.165) is 17.1 Å². The molecule has 0 fully saturated rings. The van der Waals surface area contributed by atoms with Crippen LogP contribution < -0.4 is 14.5 Å². The summed E-state index contributed by atoms with van der Waals surface area (Å²) in [5, 5.41) is 0. The van der Waals surface area contributed by atoms with Crippen LogP contribution in [0.3, 0.4) is 0 Å². The Hall–Kier alpha value is -2.82. The Morgan fingerprint density at radius 2 is 1.68 bits per heavy atom. The van der Waals surface area contributed by atoms with Crippen LogP contribution in [0.1, 0.15) is 20.3 Å². The van der Waals surface area contributed by atoms with Gasteiger partial charge in [0.25, 0.3) is 0 Å². The Labute approximate surface area is 147 Å². The van der Waals surface area contributed by atoms with Crippen molar-refractivity contribution in [3.8, 4) is 5.75 Å². The van der Waals surface area contributed by atoms with Gasteiger partial charge in [-0.3, -0.25) is 9.59 Å². The Kier molecular flexibility index (Phi) is 5.03. The molecule has 3 rings (SSSR count). The van der Waals surface area contributed by atoms with E-state index in [-0.39, 0.29) is 37.4 Å². The molecule has 0 aromatic heterocycles. The maximum atomic E-state index is 12.6. The minimum absolute atomic E-state index is 0.0484. The van der Waals surface area contributed by atoms with E-state index in [1.165, 1.54) is 0 Å². The fraction of sp³-hybridized carbons (Fsp3) is 0.300. The number of hydrogen-bond donors (Lipinski definition) is 0. The number of fused-ring (bicyclic) bond motifs is 1. The highest BCUT2D eigenvalue weighted by Gasteiger charge is 2.33. The fourth-order valence-corrected chi connectivity index (χ4v) is 3.02. The van der Waals surface area contributed by atoms with Crippen LogP contribution in [0.4, 0.5) is 11.4 Å². The van der Waals surface area contributed by atoms with Crippen LogP contribution in [0.25, 0.3) is 0 Å². The quantitative estimate of drug-likeness (QED) is 0.841. The predicted octanol–water partition coefficient (Wildman–Crippen LogP) is 3.24. The first-order chi connectivity index (χ1) is 12.1. The number of ether oxygens (including phenoxy) is 1. The first-order valence-electron chi connectivity index (χ1n) is 8.47. The van der Waals surface area contributed by atoms with Crippen LogP contribution in [0.2, 0.25) is 0 Å². The van der Waals surface area contributed by atoms with E-state index in [4.69, 9.17) is 4.74 Å². The lowest BCUT2D eigenvalue weighted by Gasteiger charge is -2.38. The van der Waals surface area contributed by atoms with Crippen LogP contribution in [-0.4, -0.2) is 31.0 Å². The van der Waals surface area contributed by atoms with Crippen LogP contribution in [0, 0.1) is 0 Å². The molecule has 25 heavy (non-hydrogen) atoms. The van der Waals surface area contributed by atoms with Crippen molar-refractivity contribution in [2.45, 2.75) is 26.3 Å². The number of carbonyl (C=O) groups is 2. The van der Waals surface area contributed by atoms with Gasteiger partial charge in [0.05, 0.1) is 24.4 Å². The van der Waals surface area contributed by atoms with Crippen molar-refractivity contribution >= 4 is 23.2 Å². The van der Waals surface area contributed by atoms with E-state index in [1.807, 2.05) is 68.4 Å². The lowest BCUT2D eigenvalue weighted by molar-refractivity contribution is -0.123. The second kappa shape index (κ2) is 7.38. The van der Waals surface area contributed by atoms with Gasteiger partial charge in [0.1, 0.15) is 12.3 Å². The lowest BCUT2D eigenvalue weighted by atomic mass is 10.1. The van der Waals surface area contributed by atoms with Crippen LogP contribution in [0.15, 0.2) is 54.6 Å². The molecule has 0 aliphatic carbocycles. The van der Waals surface area contributed by atoms with Crippen LogP contribution in [-0.2, 0) is 9.59 Å². The summed E-state index contributed by atoms with van der Waals surface area (Å²) in [6.45, 7) is 4.29. The SMILES string of the molecule is CC(C)N1C(=O)CN(C(=O)CCOc2ccccc2)c2ccccc21. The van der Waals surface area contributed by atoms with E-state index in [1.54, 1.807) is 9.80 Å². The number of hydrogen-bond acceptors (Lipinski definition) is 3. The van der Waals surface area contributed by atoms with E-state index in [0.29, 0.717) is 0 Å². The molecule has 1 heterocycles. The van der Waals surface area contributed by atoms with Gasteiger partial charge < -0.3 is 14.5 Å². The molecule has 1 aliphatic rings. The summed E-state index contributed by atoms with van der Waals surface area (Å²) >= 11 is 0. The van der Waals surface area contributed by atoms with E-state index in [2.05, 4.69) is 0 Å². The van der Waals surface area contributed by atoms with Gasteiger partial charge in [0, 0.05) is 6.04 Å². The standard InChI is InChI=1S/C20H22N2O3/c1-15(2)22-18-11-7-6-10-17(18)21(14-20(22)24)19(23)12-13-25-16-8-4-3-5-9-16/h3-11,15H,12-14H2,1-2H3. The van der Waals surface area contributed by atoms with Crippen molar-refractivity contribution in [3.63, 3.8) is 0 Å². The third-order valence-electron chi connectivity index (χ3n) is 4.14. The van der Waals surface area contributed by atoms with Gasteiger partial charge in [-0.15, -0.1) is 0 Å². The monoisotopic (exact) mass is 338 g/mol. The highest BCUT2D eigenvalue weighted by Crippen LogP contribution is 2.34. The smallest absolute Gasteiger partial charge is 0.247 e. The van der Waals surface area contributed by atoms with Crippen molar-refractivity contribution < 1.29 is 14.3 Å². The average Bonchev–Trinajstić information content (AvgIpc) is 2.61. The Balaban J connectivity index is 1.72. The molecule has 0 saturated heterocycles. The molecule has 5 nitrogen and oxygen atoms in total. The average molecular weight is 338 g/mol. The zero-order valence-electron chi connectivity index (χ0n) is 14.5. The van der Waals surface area contributed by atoms with Crippen molar-refractivity contribution in [2.24, 2.45) is 0 Å². The maximum absolute atomic E-state index is 12.6. The minimum Gasteiger partial charge on any atom is -0.493 e. The summed E-state index contributed by atoms with van der Waals surface area (Å²) in [4.78, 5) is 28.5. The normalized spacial score (nSPS) is 13.8. The topological polar surface area (TPSA) is 49.9 Å². The largest absolute Gasteiger partial charge is 0.493 e. The number of anilines is 2. The molecule has 0 spiro atoms. The van der Waals surface area contributed by atoms with Crippen LogP contribution >= 0.6 is 0 Å². The summed E-state index contributed by atoms with van der Waals surface area (Å²) in [7, 11) is 0. The van der Waals surface area contributed by atoms with Gasteiger partial charge in [-0.1, -0.05) is 30.3 Å². The maximum Gasteiger partial charge on any atom is 0.247 e. The Bertz CT molecular complexity index is 759. The van der Waals surface area contributed by atoms with Crippen molar-refractivity contribution in [1.82, 2.24) is 0 Å². The molecule has 5 heteroatoms. The summed E-state index contributed by atoms with van der Waals surface area (Å²) < 4.78 is 5.60. The second-order valence-corrected chi connectivity index (χ2v) is 6.24. The molecule has 0 N–H and O–H groups in total. The lowest BCUT2D eigenvalue weighted by Crippen LogP contribution is -2.50. The Morgan fingerprint density at radius 1 is 1.04 bits per heavy atom. The summed E-state index contributed by atoms with van der Waals surface area (Å²) in [6, 6.07) is 17.0. The van der Waals surface area contributed by atoms with Gasteiger partial charge in [-0.25, -0.2) is 0 Å². The summed E-state index contributed by atoms with van der Waals surface area (Å²) in [6.07, 6.45) is 0.220. The summed E-state index contributed by atoms with van der Waals surface area (Å²) in [5.41, 5.74) is 1.56. The van der Waals surface area contributed by atoms with Gasteiger partial charge >= 0.3 is 0 Å². The first kappa shape index (κ1) is 17.0. The van der Waals surface area contributed by atoms with E-state index < -0.39 is 0 Å². The number of nitrogens with zero attached hydrogens (tertiary/aromatic N) is 2. The molecular weight excluding hydrogens is 316 g/mol. The van der Waals surface area contributed by atoms with Gasteiger partial charge in [0.15, 0.2) is 0 Å². The summed E-state index contributed by atoms with van der Waals surface area (Å²) in [5.74, 6) is 0.558. The third-order valence-corrected chi connectivity index (χ3v) is 4.14. The molecule has 0 saturated carbocycles. The second-order valence-electron chi connectivity index (χ2n) is 6.24. The van der Waals surface area contributed by atoms with Gasteiger partial charge in [0.2, 0.25) is 11.8 Å². The number of rotatable bonds is 5. The Morgan fingerprint density at radius 3 is 2.36 bits per heavy atom. The van der Waals surface area contributed by atoms with Gasteiger partial charge in [-0.05, 0) is 38.1 Å². The molecule has 0 radical (unpaired) electrons. The predicted molar refractivity (Wildman–Crippen MR) is 98.0 cm³/mol. The number of para-hydroxylation sites is 3. The van der Waals surface area contributed by atoms with Crippen LogP contribution in [0.5, 0.6) is 5.75 Å².